The highest BCUT2D eigenvalue weighted by Gasteiger charge is 2.40. The molecule has 2 aliphatic carbocycles. The Bertz CT molecular complexity index is 737. The molecule has 0 amide bonds. The molecule has 1 N–H and O–H groups in total. The van der Waals surface area contributed by atoms with Crippen molar-refractivity contribution in [3.63, 3.8) is 0 Å². The highest BCUT2D eigenvalue weighted by molar-refractivity contribution is 7.15. The lowest BCUT2D eigenvalue weighted by Gasteiger charge is -2.40. The van der Waals surface area contributed by atoms with Gasteiger partial charge in [0.15, 0.2) is 0 Å². The van der Waals surface area contributed by atoms with Crippen LogP contribution in [0, 0.1) is 5.92 Å². The van der Waals surface area contributed by atoms with E-state index in [1.54, 1.807) is 16.0 Å². The van der Waals surface area contributed by atoms with Crippen LogP contribution in [0.2, 0.25) is 0 Å². The van der Waals surface area contributed by atoms with Gasteiger partial charge in [0.1, 0.15) is 5.00 Å². The van der Waals surface area contributed by atoms with Crippen molar-refractivity contribution in [1.82, 2.24) is 9.88 Å². The number of thiophene rings is 1. The number of hydrogen-bond donors (Lipinski definition) is 1. The first kappa shape index (κ1) is 16.7. The van der Waals surface area contributed by atoms with Crippen molar-refractivity contribution < 1.29 is 0 Å². The lowest BCUT2D eigenvalue weighted by molar-refractivity contribution is 0.190. The SMILES string of the molecule is CC1CCC2(CC1)NCc1c(sc3c1CCCC3)-n1cccc12.Cl. The Morgan fingerprint density at radius 1 is 1.17 bits per heavy atom. The third kappa shape index (κ3) is 2.40. The second kappa shape index (κ2) is 6.19. The number of aromatic nitrogens is 1. The van der Waals surface area contributed by atoms with E-state index in [2.05, 4.69) is 46.5 Å². The van der Waals surface area contributed by atoms with Crippen LogP contribution < -0.4 is 5.32 Å². The van der Waals surface area contributed by atoms with Crippen LogP contribution >= 0.6 is 23.7 Å². The molecule has 0 atom stereocenters. The van der Waals surface area contributed by atoms with E-state index in [9.17, 15) is 0 Å². The molecule has 0 unspecified atom stereocenters. The van der Waals surface area contributed by atoms with Crippen LogP contribution in [0.3, 0.4) is 0 Å². The third-order valence-corrected chi connectivity index (χ3v) is 7.78. The van der Waals surface area contributed by atoms with Crippen molar-refractivity contribution in [3.8, 4) is 5.00 Å². The first-order chi connectivity index (χ1) is 11.3. The summed E-state index contributed by atoms with van der Waals surface area (Å²) in [5, 5.41) is 5.55. The minimum absolute atomic E-state index is 0. The van der Waals surface area contributed by atoms with Gasteiger partial charge in [0.25, 0.3) is 0 Å². The maximum Gasteiger partial charge on any atom is 0.104 e. The van der Waals surface area contributed by atoms with Crippen LogP contribution in [0.4, 0.5) is 0 Å². The van der Waals surface area contributed by atoms with Crippen molar-refractivity contribution in [2.24, 2.45) is 5.92 Å². The molecule has 1 spiro atoms. The lowest BCUT2D eigenvalue weighted by Crippen LogP contribution is -2.44. The predicted molar refractivity (Wildman–Crippen MR) is 104 cm³/mol. The Morgan fingerprint density at radius 2 is 1.96 bits per heavy atom. The van der Waals surface area contributed by atoms with Crippen molar-refractivity contribution in [2.75, 3.05) is 0 Å². The molecule has 130 valence electrons. The summed E-state index contributed by atoms with van der Waals surface area (Å²) in [5.41, 5.74) is 5.01. The second-order valence-corrected chi connectivity index (χ2v) is 8.96. The average Bonchev–Trinajstić information content (AvgIpc) is 3.17. The Morgan fingerprint density at radius 3 is 2.79 bits per heavy atom. The molecule has 0 saturated heterocycles. The molecule has 0 radical (unpaired) electrons. The fourth-order valence-electron chi connectivity index (χ4n) is 4.98. The number of nitrogens with one attached hydrogen (secondary N) is 1. The summed E-state index contributed by atoms with van der Waals surface area (Å²) >= 11 is 2.07. The Labute approximate surface area is 155 Å². The molecule has 3 aliphatic rings. The van der Waals surface area contributed by atoms with E-state index in [0.29, 0.717) is 0 Å². The van der Waals surface area contributed by atoms with Crippen molar-refractivity contribution in [1.29, 1.82) is 0 Å². The molecule has 3 heterocycles. The van der Waals surface area contributed by atoms with E-state index >= 15 is 0 Å². The molecule has 0 aromatic carbocycles. The van der Waals surface area contributed by atoms with Crippen LogP contribution in [0.1, 0.15) is 67.1 Å². The standard InChI is InChI=1S/C20H26N2S.ClH/c1-14-8-10-20(11-9-14)18-7-4-12-22(18)19-16(13-21-20)15-5-2-3-6-17(15)23-19;/h4,7,12,14,21H,2-3,5-6,8-11,13H2,1H3;1H. The molecule has 1 fully saturated rings. The van der Waals surface area contributed by atoms with Gasteiger partial charge < -0.3 is 9.88 Å². The van der Waals surface area contributed by atoms with Gasteiger partial charge in [-0.05, 0) is 75.0 Å². The van der Waals surface area contributed by atoms with Crippen LogP contribution in [0.25, 0.3) is 5.00 Å². The number of fused-ring (bicyclic) bond motifs is 6. The van der Waals surface area contributed by atoms with E-state index in [-0.39, 0.29) is 17.9 Å². The van der Waals surface area contributed by atoms with Crippen molar-refractivity contribution >= 4 is 23.7 Å². The van der Waals surface area contributed by atoms with Crippen LogP contribution in [-0.4, -0.2) is 4.57 Å². The van der Waals surface area contributed by atoms with Crippen LogP contribution in [0.15, 0.2) is 18.3 Å². The van der Waals surface area contributed by atoms with E-state index in [1.807, 2.05) is 0 Å². The molecular weight excluding hydrogens is 336 g/mol. The van der Waals surface area contributed by atoms with E-state index in [0.717, 1.165) is 12.5 Å². The molecule has 4 heteroatoms. The highest BCUT2D eigenvalue weighted by atomic mass is 35.5. The van der Waals surface area contributed by atoms with Gasteiger partial charge in [-0.25, -0.2) is 0 Å². The van der Waals surface area contributed by atoms with E-state index < -0.39 is 0 Å². The van der Waals surface area contributed by atoms with Crippen LogP contribution in [-0.2, 0) is 24.9 Å². The molecule has 24 heavy (non-hydrogen) atoms. The number of hydrogen-bond acceptors (Lipinski definition) is 2. The smallest absolute Gasteiger partial charge is 0.104 e. The normalized spacial score (nSPS) is 28.5. The summed E-state index contributed by atoms with van der Waals surface area (Å²) in [6.07, 6.45) is 12.9. The molecule has 2 nitrogen and oxygen atoms in total. The molecule has 2 aromatic heterocycles. The Hall–Kier alpha value is -0.770. The zero-order chi connectivity index (χ0) is 15.4. The van der Waals surface area contributed by atoms with E-state index in [4.69, 9.17) is 0 Å². The summed E-state index contributed by atoms with van der Waals surface area (Å²) < 4.78 is 2.54. The van der Waals surface area contributed by atoms with Gasteiger partial charge >= 0.3 is 0 Å². The molecule has 5 rings (SSSR count). The second-order valence-electron chi connectivity index (χ2n) is 7.88. The average molecular weight is 363 g/mol. The van der Waals surface area contributed by atoms with Gasteiger partial charge in [-0.2, -0.15) is 0 Å². The van der Waals surface area contributed by atoms with Gasteiger partial charge in [0, 0.05) is 28.9 Å². The lowest BCUT2D eigenvalue weighted by atomic mass is 9.75. The Kier molecular flexibility index (Phi) is 4.30. The summed E-state index contributed by atoms with van der Waals surface area (Å²) in [4.78, 5) is 1.66. The van der Waals surface area contributed by atoms with Crippen molar-refractivity contribution in [3.05, 3.63) is 40.0 Å². The molecular formula is C20H27ClN2S. The summed E-state index contributed by atoms with van der Waals surface area (Å²) in [7, 11) is 0. The van der Waals surface area contributed by atoms with Crippen molar-refractivity contribution in [2.45, 2.75) is 70.4 Å². The maximum atomic E-state index is 4.04. The zero-order valence-corrected chi connectivity index (χ0v) is 16.1. The largest absolute Gasteiger partial charge is 0.310 e. The zero-order valence-electron chi connectivity index (χ0n) is 14.4. The number of rotatable bonds is 0. The molecule has 2 aromatic rings. The van der Waals surface area contributed by atoms with Gasteiger partial charge in [-0.15, -0.1) is 23.7 Å². The first-order valence-corrected chi connectivity index (χ1v) is 10.2. The molecule has 0 bridgehead atoms. The van der Waals surface area contributed by atoms with Gasteiger partial charge in [0.05, 0.1) is 5.54 Å². The summed E-state index contributed by atoms with van der Waals surface area (Å²) in [5.74, 6) is 0.885. The first-order valence-electron chi connectivity index (χ1n) is 9.33. The number of halogens is 1. The Balaban J connectivity index is 0.00000146. The topological polar surface area (TPSA) is 17.0 Å². The fraction of sp³-hybridized carbons (Fsp3) is 0.600. The summed E-state index contributed by atoms with van der Waals surface area (Å²) in [6, 6.07) is 4.63. The number of aryl methyl sites for hydroxylation is 1. The highest BCUT2D eigenvalue weighted by Crippen LogP contribution is 2.45. The van der Waals surface area contributed by atoms with Crippen LogP contribution in [0.5, 0.6) is 0 Å². The fourth-order valence-corrected chi connectivity index (χ4v) is 6.38. The van der Waals surface area contributed by atoms with Gasteiger partial charge in [-0.3, -0.25) is 0 Å². The quantitative estimate of drug-likeness (QED) is 0.668. The molecule has 1 saturated carbocycles. The minimum atomic E-state index is 0. The van der Waals surface area contributed by atoms with Gasteiger partial charge in [-0.1, -0.05) is 6.92 Å². The minimum Gasteiger partial charge on any atom is -0.310 e. The summed E-state index contributed by atoms with van der Waals surface area (Å²) in [6.45, 7) is 3.48. The molecule has 1 aliphatic heterocycles. The maximum absolute atomic E-state index is 4.04. The third-order valence-electron chi connectivity index (χ3n) is 6.45. The van der Waals surface area contributed by atoms with E-state index in [1.165, 1.54) is 62.1 Å². The monoisotopic (exact) mass is 362 g/mol. The van der Waals surface area contributed by atoms with Gasteiger partial charge in [0.2, 0.25) is 0 Å². The predicted octanol–water partition coefficient (Wildman–Crippen LogP) is 5.35. The number of nitrogens with zero attached hydrogens (tertiary/aromatic N) is 1.